The van der Waals surface area contributed by atoms with Crippen LogP contribution in [0.1, 0.15) is 12.8 Å². The lowest BCUT2D eigenvalue weighted by Crippen LogP contribution is -2.11. The Morgan fingerprint density at radius 3 is 3.25 bits per heavy atom. The van der Waals surface area contributed by atoms with Gasteiger partial charge in [0.05, 0.1) is 13.2 Å². The predicted octanol–water partition coefficient (Wildman–Crippen LogP) is 0.377. The van der Waals surface area contributed by atoms with Crippen molar-refractivity contribution in [2.75, 3.05) is 13.2 Å². The lowest BCUT2D eigenvalue weighted by atomic mass is 10.2. The molecule has 0 spiro atoms. The van der Waals surface area contributed by atoms with Gasteiger partial charge in [-0.1, -0.05) is 0 Å². The first kappa shape index (κ1) is 8.97. The number of carbonyl (C=O) groups excluding carboxylic acids is 1. The maximum Gasteiger partial charge on any atom is 0.234 e. The third-order valence-corrected chi connectivity index (χ3v) is 1.64. The highest BCUT2D eigenvalue weighted by atomic mass is 16.5. The summed E-state index contributed by atoms with van der Waals surface area (Å²) in [5, 5.41) is 9.39. The van der Waals surface area contributed by atoms with Gasteiger partial charge in [-0.15, -0.1) is 0 Å². The summed E-state index contributed by atoms with van der Waals surface area (Å²) in [4.78, 5) is 13.0. The average Bonchev–Trinajstić information content (AvgIpc) is 2.56. The first-order valence-electron chi connectivity index (χ1n) is 3.89. The van der Waals surface area contributed by atoms with Crippen molar-refractivity contribution < 1.29 is 14.6 Å². The topological polar surface area (TPSA) is 58.9 Å². The molecule has 4 heteroatoms. The summed E-state index contributed by atoms with van der Waals surface area (Å²) in [7, 11) is 0. The third-order valence-electron chi connectivity index (χ3n) is 1.64. The van der Waals surface area contributed by atoms with E-state index < -0.39 is 6.10 Å². The fourth-order valence-corrected chi connectivity index (χ4v) is 1.04. The van der Waals surface area contributed by atoms with Crippen molar-refractivity contribution in [3.05, 3.63) is 11.8 Å². The van der Waals surface area contributed by atoms with Crippen molar-refractivity contribution in [1.29, 1.82) is 0 Å². The molecule has 0 saturated heterocycles. The predicted molar refractivity (Wildman–Crippen MR) is 42.3 cm³/mol. The summed E-state index contributed by atoms with van der Waals surface area (Å²) < 4.78 is 5.12. The van der Waals surface area contributed by atoms with Crippen LogP contribution in [0.5, 0.6) is 0 Å². The number of hydrogen-bond acceptors (Lipinski definition) is 4. The summed E-state index contributed by atoms with van der Waals surface area (Å²) in [5.41, 5.74) is 0. The van der Waals surface area contributed by atoms with Crippen LogP contribution >= 0.6 is 0 Å². The van der Waals surface area contributed by atoms with Gasteiger partial charge in [0.2, 0.25) is 6.08 Å². The standard InChI is InChI=1S/C8H11NO3/c10-6-9-4-3-7(11)8-2-1-5-12-8/h2,7,11H,1,3-5H2. The van der Waals surface area contributed by atoms with Gasteiger partial charge >= 0.3 is 0 Å². The highest BCUT2D eigenvalue weighted by Crippen LogP contribution is 2.15. The number of aliphatic hydroxyl groups is 1. The molecule has 1 N–H and O–H groups in total. The lowest BCUT2D eigenvalue weighted by molar-refractivity contribution is 0.114. The number of rotatable bonds is 4. The molecule has 12 heavy (non-hydrogen) atoms. The quantitative estimate of drug-likeness (QED) is 0.488. The van der Waals surface area contributed by atoms with Crippen LogP contribution < -0.4 is 0 Å². The maximum absolute atomic E-state index is 9.69. The first-order valence-corrected chi connectivity index (χ1v) is 3.89. The number of ether oxygens (including phenoxy) is 1. The van der Waals surface area contributed by atoms with Crippen LogP contribution in [0.2, 0.25) is 0 Å². The molecule has 1 unspecified atom stereocenters. The van der Waals surface area contributed by atoms with Gasteiger partial charge in [0.25, 0.3) is 0 Å². The van der Waals surface area contributed by atoms with Crippen LogP contribution in [0, 0.1) is 0 Å². The second-order valence-electron chi connectivity index (χ2n) is 2.52. The van der Waals surface area contributed by atoms with Gasteiger partial charge in [0, 0.05) is 12.8 Å². The summed E-state index contributed by atoms with van der Waals surface area (Å²) in [6.45, 7) is 0.939. The van der Waals surface area contributed by atoms with Crippen LogP contribution in [0.25, 0.3) is 0 Å². The highest BCUT2D eigenvalue weighted by molar-refractivity contribution is 5.32. The van der Waals surface area contributed by atoms with E-state index in [0.717, 1.165) is 6.42 Å². The Morgan fingerprint density at radius 1 is 1.83 bits per heavy atom. The van der Waals surface area contributed by atoms with Crippen LogP contribution in [0.4, 0.5) is 0 Å². The minimum atomic E-state index is -0.621. The molecule has 1 atom stereocenters. The molecule has 0 bridgehead atoms. The molecule has 66 valence electrons. The van der Waals surface area contributed by atoms with Crippen molar-refractivity contribution in [2.45, 2.75) is 18.9 Å². The summed E-state index contributed by atoms with van der Waals surface area (Å²) in [5.74, 6) is 0.607. The molecule has 0 aromatic carbocycles. The maximum atomic E-state index is 9.69. The fraction of sp³-hybridized carbons (Fsp3) is 0.625. The molecule has 4 nitrogen and oxygen atoms in total. The molecule has 0 radical (unpaired) electrons. The van der Waals surface area contributed by atoms with Crippen LogP contribution in [-0.2, 0) is 9.53 Å². The summed E-state index contributed by atoms with van der Waals surface area (Å²) >= 11 is 0. The number of isocyanates is 1. The molecule has 1 aliphatic heterocycles. The molecule has 0 aromatic heterocycles. The largest absolute Gasteiger partial charge is 0.495 e. The Labute approximate surface area is 70.6 Å². The molecule has 0 fully saturated rings. The normalized spacial score (nSPS) is 17.6. The van der Waals surface area contributed by atoms with E-state index in [0.29, 0.717) is 25.3 Å². The molecule has 1 aliphatic rings. The highest BCUT2D eigenvalue weighted by Gasteiger charge is 2.14. The lowest BCUT2D eigenvalue weighted by Gasteiger charge is -2.09. The van der Waals surface area contributed by atoms with E-state index in [1.54, 1.807) is 0 Å². The van der Waals surface area contributed by atoms with Crippen LogP contribution in [-0.4, -0.2) is 30.4 Å². The smallest absolute Gasteiger partial charge is 0.234 e. The zero-order valence-electron chi connectivity index (χ0n) is 6.69. The SMILES string of the molecule is O=C=NCCC(O)C1=CCCO1. The van der Waals surface area contributed by atoms with E-state index in [-0.39, 0.29) is 0 Å². The second-order valence-corrected chi connectivity index (χ2v) is 2.52. The number of aliphatic hydroxyl groups excluding tert-OH is 1. The van der Waals surface area contributed by atoms with Crippen molar-refractivity contribution >= 4 is 6.08 Å². The molecule has 0 aliphatic carbocycles. The van der Waals surface area contributed by atoms with Crippen molar-refractivity contribution in [3.63, 3.8) is 0 Å². The van der Waals surface area contributed by atoms with Gasteiger partial charge in [0.1, 0.15) is 11.9 Å². The monoisotopic (exact) mass is 169 g/mol. The van der Waals surface area contributed by atoms with Crippen LogP contribution in [0.3, 0.4) is 0 Å². The van der Waals surface area contributed by atoms with Gasteiger partial charge in [-0.3, -0.25) is 0 Å². The van der Waals surface area contributed by atoms with E-state index in [4.69, 9.17) is 4.74 Å². The van der Waals surface area contributed by atoms with Gasteiger partial charge in [0.15, 0.2) is 0 Å². The first-order chi connectivity index (χ1) is 5.84. The molecule has 0 aromatic rings. The van der Waals surface area contributed by atoms with Gasteiger partial charge < -0.3 is 9.84 Å². The zero-order chi connectivity index (χ0) is 8.81. The van der Waals surface area contributed by atoms with Crippen molar-refractivity contribution in [1.82, 2.24) is 0 Å². The van der Waals surface area contributed by atoms with Gasteiger partial charge in [-0.05, 0) is 6.08 Å². The van der Waals surface area contributed by atoms with E-state index in [9.17, 15) is 9.90 Å². The van der Waals surface area contributed by atoms with E-state index in [2.05, 4.69) is 4.99 Å². The van der Waals surface area contributed by atoms with Crippen LogP contribution in [0.15, 0.2) is 16.8 Å². The Balaban J connectivity index is 2.27. The Hall–Kier alpha value is -1.12. The minimum Gasteiger partial charge on any atom is -0.495 e. The average molecular weight is 169 g/mol. The Bertz CT molecular complexity index is 218. The second kappa shape index (κ2) is 4.70. The molecular formula is C8H11NO3. The summed E-state index contributed by atoms with van der Waals surface area (Å²) in [6, 6.07) is 0. The van der Waals surface area contributed by atoms with E-state index in [1.807, 2.05) is 6.08 Å². The van der Waals surface area contributed by atoms with Crippen molar-refractivity contribution in [2.24, 2.45) is 4.99 Å². The number of aliphatic imine (C=N–C) groups is 1. The molecule has 0 amide bonds. The molecular weight excluding hydrogens is 158 g/mol. The van der Waals surface area contributed by atoms with E-state index >= 15 is 0 Å². The van der Waals surface area contributed by atoms with Crippen molar-refractivity contribution in [3.8, 4) is 0 Å². The Kier molecular flexibility index (Phi) is 3.51. The van der Waals surface area contributed by atoms with Gasteiger partial charge in [-0.2, -0.15) is 0 Å². The number of nitrogens with zero attached hydrogens (tertiary/aromatic N) is 1. The number of hydrogen-bond donors (Lipinski definition) is 1. The third kappa shape index (κ3) is 2.49. The van der Waals surface area contributed by atoms with Gasteiger partial charge in [-0.25, -0.2) is 9.79 Å². The minimum absolute atomic E-state index is 0.297. The molecule has 1 rings (SSSR count). The molecule has 1 heterocycles. The molecule has 0 saturated carbocycles. The van der Waals surface area contributed by atoms with E-state index in [1.165, 1.54) is 6.08 Å². The summed E-state index contributed by atoms with van der Waals surface area (Å²) in [6.07, 6.45) is 3.92. The fourth-order valence-electron chi connectivity index (χ4n) is 1.04. The zero-order valence-corrected chi connectivity index (χ0v) is 6.69. The Morgan fingerprint density at radius 2 is 2.67 bits per heavy atom.